The number of hydrogen-bond acceptors (Lipinski definition) is 6. The lowest BCUT2D eigenvalue weighted by Gasteiger charge is -2.34. The molecule has 6 nitrogen and oxygen atoms in total. The Bertz CT molecular complexity index is 430. The van der Waals surface area contributed by atoms with E-state index in [4.69, 9.17) is 4.74 Å². The van der Waals surface area contributed by atoms with Gasteiger partial charge in [-0.2, -0.15) is 0 Å². The van der Waals surface area contributed by atoms with Gasteiger partial charge in [0.2, 0.25) is 5.91 Å². The number of methoxy groups -OCH3 is 1. The Morgan fingerprint density at radius 2 is 1.88 bits per heavy atom. The average molecular weight is 400 g/mol. The number of esters is 1. The molecule has 0 bridgehead atoms. The van der Waals surface area contributed by atoms with Gasteiger partial charge in [0.15, 0.2) is 0 Å². The lowest BCUT2D eigenvalue weighted by atomic mass is 9.95. The molecule has 1 N–H and O–H groups in total. The zero-order chi connectivity index (χ0) is 15.5. The van der Waals surface area contributed by atoms with Crippen molar-refractivity contribution in [3.05, 3.63) is 0 Å². The summed E-state index contributed by atoms with van der Waals surface area (Å²) in [7, 11) is 1.46. The van der Waals surface area contributed by atoms with Crippen molar-refractivity contribution in [1.82, 2.24) is 15.1 Å². The molecular weight excluding hydrogens is 373 g/mol. The van der Waals surface area contributed by atoms with Gasteiger partial charge in [0.25, 0.3) is 0 Å². The Morgan fingerprint density at radius 3 is 2.46 bits per heavy atom. The van der Waals surface area contributed by atoms with Crippen molar-refractivity contribution in [1.29, 1.82) is 0 Å². The summed E-state index contributed by atoms with van der Waals surface area (Å²) in [6, 6.07) is 0.393. The highest BCUT2D eigenvalue weighted by Crippen LogP contribution is 2.25. The van der Waals surface area contributed by atoms with E-state index in [1.807, 2.05) is 16.7 Å². The number of nitrogens with one attached hydrogen (secondary N) is 1. The molecule has 3 saturated heterocycles. The molecule has 1 amide bonds. The van der Waals surface area contributed by atoms with E-state index in [1.54, 1.807) is 0 Å². The Labute approximate surface area is 160 Å². The van der Waals surface area contributed by atoms with Crippen LogP contribution >= 0.6 is 36.6 Å². The molecule has 3 fully saturated rings. The third-order valence-electron chi connectivity index (χ3n) is 5.05. The predicted octanol–water partition coefficient (Wildman–Crippen LogP) is 0.978. The molecule has 9 heteroatoms. The fraction of sp³-hybridized carbons (Fsp3) is 0.867. The second kappa shape index (κ2) is 10.1. The predicted molar refractivity (Wildman–Crippen MR) is 100 cm³/mol. The van der Waals surface area contributed by atoms with E-state index in [-0.39, 0.29) is 48.7 Å². The lowest BCUT2D eigenvalue weighted by Crippen LogP contribution is -2.44. The molecule has 3 rings (SSSR count). The Morgan fingerprint density at radius 1 is 1.17 bits per heavy atom. The number of carbonyl (C=O) groups excluding carboxylic acids is 2. The fourth-order valence-corrected chi connectivity index (χ4v) is 4.61. The summed E-state index contributed by atoms with van der Waals surface area (Å²) < 4.78 is 4.83. The number of ether oxygens (including phenoxy) is 1. The SMILES string of the molecule is COC(=O)C1CCN([C@@H]2CN[C@H](C(=O)N3CCSC3)C2)CC1.Cl.Cl. The topological polar surface area (TPSA) is 61.9 Å². The zero-order valence-corrected chi connectivity index (χ0v) is 16.4. The van der Waals surface area contributed by atoms with E-state index in [0.29, 0.717) is 6.04 Å². The first-order valence-corrected chi connectivity index (χ1v) is 9.26. The molecular formula is C15H27Cl2N3O3S. The van der Waals surface area contributed by atoms with Gasteiger partial charge >= 0.3 is 5.97 Å². The molecule has 0 radical (unpaired) electrons. The highest BCUT2D eigenvalue weighted by atomic mass is 35.5. The number of nitrogens with zero attached hydrogens (tertiary/aromatic N) is 2. The van der Waals surface area contributed by atoms with Gasteiger partial charge in [0.1, 0.15) is 0 Å². The molecule has 0 aromatic heterocycles. The summed E-state index contributed by atoms with van der Waals surface area (Å²) in [5.74, 6) is 2.13. The van der Waals surface area contributed by atoms with Crippen LogP contribution in [0, 0.1) is 5.92 Å². The van der Waals surface area contributed by atoms with E-state index in [1.165, 1.54) is 7.11 Å². The molecule has 0 aromatic rings. The Balaban J connectivity index is 0.00000144. The van der Waals surface area contributed by atoms with Crippen molar-refractivity contribution in [2.45, 2.75) is 31.3 Å². The molecule has 2 atom stereocenters. The fourth-order valence-electron chi connectivity index (χ4n) is 3.66. The van der Waals surface area contributed by atoms with E-state index in [9.17, 15) is 9.59 Å². The first-order valence-electron chi connectivity index (χ1n) is 8.11. The minimum absolute atomic E-state index is 0. The number of piperidine rings is 1. The van der Waals surface area contributed by atoms with E-state index in [2.05, 4.69) is 10.2 Å². The van der Waals surface area contributed by atoms with Gasteiger partial charge in [0, 0.05) is 24.9 Å². The number of amides is 1. The van der Waals surface area contributed by atoms with Gasteiger partial charge in [-0.25, -0.2) is 0 Å². The van der Waals surface area contributed by atoms with Crippen LogP contribution in [0.2, 0.25) is 0 Å². The number of carbonyl (C=O) groups is 2. The second-order valence-electron chi connectivity index (χ2n) is 6.32. The molecule has 0 unspecified atom stereocenters. The molecule has 3 aliphatic rings. The van der Waals surface area contributed by atoms with Crippen molar-refractivity contribution in [2.75, 3.05) is 44.9 Å². The molecule has 3 heterocycles. The normalized spacial score (nSPS) is 28.1. The minimum Gasteiger partial charge on any atom is -0.469 e. The number of rotatable bonds is 3. The van der Waals surface area contributed by atoms with Crippen LogP contribution < -0.4 is 5.32 Å². The number of halogens is 2. The highest BCUT2D eigenvalue weighted by Gasteiger charge is 2.37. The number of hydrogen-bond donors (Lipinski definition) is 1. The van der Waals surface area contributed by atoms with Crippen LogP contribution in [-0.4, -0.2) is 78.7 Å². The molecule has 0 aromatic carbocycles. The maximum absolute atomic E-state index is 12.4. The van der Waals surface area contributed by atoms with Crippen LogP contribution in [0.4, 0.5) is 0 Å². The Kier molecular flexibility index (Phi) is 9.16. The molecule has 0 aliphatic carbocycles. The molecule has 24 heavy (non-hydrogen) atoms. The first-order chi connectivity index (χ1) is 10.7. The maximum Gasteiger partial charge on any atom is 0.308 e. The summed E-state index contributed by atoms with van der Waals surface area (Å²) >= 11 is 1.83. The van der Waals surface area contributed by atoms with E-state index in [0.717, 1.165) is 57.1 Å². The summed E-state index contributed by atoms with van der Waals surface area (Å²) in [5.41, 5.74) is 0. The standard InChI is InChI=1S/C15H25N3O3S.2ClH/c1-21-15(20)11-2-4-17(5-3-11)12-8-13(16-9-12)14(19)18-6-7-22-10-18;;/h11-13,16H,2-10H2,1H3;2*1H/t12-,13-;;/m0../s1. The van der Waals surface area contributed by atoms with Crippen LogP contribution in [0.15, 0.2) is 0 Å². The van der Waals surface area contributed by atoms with Crippen LogP contribution in [0.1, 0.15) is 19.3 Å². The van der Waals surface area contributed by atoms with Crippen LogP contribution in [0.25, 0.3) is 0 Å². The molecule has 3 aliphatic heterocycles. The number of likely N-dealkylation sites (tertiary alicyclic amines) is 1. The first kappa shape index (κ1) is 21.8. The lowest BCUT2D eigenvalue weighted by molar-refractivity contribution is -0.147. The van der Waals surface area contributed by atoms with Crippen molar-refractivity contribution >= 4 is 48.5 Å². The zero-order valence-electron chi connectivity index (χ0n) is 13.9. The van der Waals surface area contributed by atoms with E-state index < -0.39 is 0 Å². The van der Waals surface area contributed by atoms with Crippen molar-refractivity contribution in [2.24, 2.45) is 5.92 Å². The van der Waals surface area contributed by atoms with Gasteiger partial charge in [-0.05, 0) is 32.4 Å². The number of thioether (sulfide) groups is 1. The monoisotopic (exact) mass is 399 g/mol. The quantitative estimate of drug-likeness (QED) is 0.713. The smallest absolute Gasteiger partial charge is 0.308 e. The molecule has 140 valence electrons. The second-order valence-corrected chi connectivity index (χ2v) is 7.40. The molecule has 0 saturated carbocycles. The highest BCUT2D eigenvalue weighted by molar-refractivity contribution is 7.99. The summed E-state index contributed by atoms with van der Waals surface area (Å²) in [5, 5.41) is 3.39. The molecule has 0 spiro atoms. The maximum atomic E-state index is 12.4. The summed E-state index contributed by atoms with van der Waals surface area (Å²) in [4.78, 5) is 28.4. The minimum atomic E-state index is -0.0798. The van der Waals surface area contributed by atoms with Crippen LogP contribution in [0.3, 0.4) is 0 Å². The Hall–Kier alpha value is -0.210. The van der Waals surface area contributed by atoms with E-state index >= 15 is 0 Å². The van der Waals surface area contributed by atoms with Crippen molar-refractivity contribution in [3.63, 3.8) is 0 Å². The van der Waals surface area contributed by atoms with Crippen LogP contribution in [0.5, 0.6) is 0 Å². The third kappa shape index (κ3) is 4.91. The van der Waals surface area contributed by atoms with Gasteiger partial charge in [-0.3, -0.25) is 14.5 Å². The average Bonchev–Trinajstić information content (AvgIpc) is 3.25. The van der Waals surface area contributed by atoms with Crippen molar-refractivity contribution in [3.8, 4) is 0 Å². The summed E-state index contributed by atoms with van der Waals surface area (Å²) in [6.45, 7) is 3.61. The summed E-state index contributed by atoms with van der Waals surface area (Å²) in [6.07, 6.45) is 2.62. The third-order valence-corrected chi connectivity index (χ3v) is 6.02. The van der Waals surface area contributed by atoms with Gasteiger partial charge in [0.05, 0.1) is 24.9 Å². The van der Waals surface area contributed by atoms with Gasteiger partial charge < -0.3 is 15.0 Å². The van der Waals surface area contributed by atoms with Crippen molar-refractivity contribution < 1.29 is 14.3 Å². The largest absolute Gasteiger partial charge is 0.469 e. The van der Waals surface area contributed by atoms with Crippen LogP contribution in [-0.2, 0) is 14.3 Å². The van der Waals surface area contributed by atoms with Gasteiger partial charge in [-0.15, -0.1) is 36.6 Å². The van der Waals surface area contributed by atoms with Gasteiger partial charge in [-0.1, -0.05) is 0 Å².